The van der Waals surface area contributed by atoms with Gasteiger partial charge in [-0.3, -0.25) is 5.10 Å². The number of hydrogen-bond acceptors (Lipinski definition) is 8. The van der Waals surface area contributed by atoms with Crippen molar-refractivity contribution in [3.8, 4) is 17.1 Å². The van der Waals surface area contributed by atoms with E-state index in [9.17, 15) is 17.2 Å². The zero-order chi connectivity index (χ0) is 22.5. The first kappa shape index (κ1) is 21.0. The molecule has 1 saturated heterocycles. The minimum absolute atomic E-state index is 0.00130. The largest absolute Gasteiger partial charge is 0.472 e. The fraction of sp³-hybridized carbons (Fsp3) is 0.556. The van der Waals surface area contributed by atoms with Crippen LogP contribution in [0.2, 0.25) is 0 Å². The Balaban J connectivity index is 1.40. The zero-order valence-corrected chi connectivity index (χ0v) is 18.0. The lowest BCUT2D eigenvalue weighted by atomic mass is 9.91. The first-order chi connectivity index (χ1) is 15.2. The van der Waals surface area contributed by atoms with Crippen LogP contribution in [0.25, 0.3) is 16.9 Å². The zero-order valence-electron chi connectivity index (χ0n) is 17.2. The molecule has 32 heavy (non-hydrogen) atoms. The molecular formula is C18H22F2N8O3S. The van der Waals surface area contributed by atoms with Crippen LogP contribution in [-0.2, 0) is 10.0 Å². The fourth-order valence-electron chi connectivity index (χ4n) is 3.94. The summed E-state index contributed by atoms with van der Waals surface area (Å²) in [5.41, 5.74) is 1.44. The Kier molecular flexibility index (Phi) is 5.00. The number of nitrogens with one attached hydrogen (secondary N) is 2. The number of anilines is 1. The Morgan fingerprint density at radius 1 is 1.25 bits per heavy atom. The van der Waals surface area contributed by atoms with Crippen molar-refractivity contribution in [2.45, 2.75) is 43.8 Å². The molecule has 4 heterocycles. The molecule has 0 aromatic carbocycles. The van der Waals surface area contributed by atoms with Crippen LogP contribution in [-0.4, -0.2) is 79.9 Å². The second-order valence-electron chi connectivity index (χ2n) is 8.19. The molecule has 2 fully saturated rings. The van der Waals surface area contributed by atoms with Crippen LogP contribution in [0.15, 0.2) is 18.6 Å². The lowest BCUT2D eigenvalue weighted by Gasteiger charge is -2.34. The van der Waals surface area contributed by atoms with Crippen LogP contribution >= 0.6 is 0 Å². The molecule has 0 atom stereocenters. The molecule has 14 heteroatoms. The number of alkyl halides is 2. The lowest BCUT2D eigenvalue weighted by molar-refractivity contribution is -0.135. The van der Waals surface area contributed by atoms with Gasteiger partial charge in [0, 0.05) is 43.7 Å². The lowest BCUT2D eigenvalue weighted by Crippen LogP contribution is -2.43. The van der Waals surface area contributed by atoms with Crippen molar-refractivity contribution in [1.82, 2.24) is 34.1 Å². The van der Waals surface area contributed by atoms with Gasteiger partial charge in [0.15, 0.2) is 5.65 Å². The summed E-state index contributed by atoms with van der Waals surface area (Å²) in [6, 6.07) is 0.00130. The molecule has 5 rings (SSSR count). The van der Waals surface area contributed by atoms with Gasteiger partial charge in [-0.05, 0) is 12.8 Å². The molecule has 1 aliphatic carbocycles. The average Bonchev–Trinajstić information content (AvgIpc) is 3.36. The Bertz CT molecular complexity index is 1210. The van der Waals surface area contributed by atoms with Crippen LogP contribution < -0.4 is 10.1 Å². The Morgan fingerprint density at radius 3 is 2.62 bits per heavy atom. The Hall–Kier alpha value is -2.87. The van der Waals surface area contributed by atoms with Gasteiger partial charge < -0.3 is 10.1 Å². The van der Waals surface area contributed by atoms with E-state index in [2.05, 4.69) is 30.6 Å². The van der Waals surface area contributed by atoms with Gasteiger partial charge in [0.25, 0.3) is 5.92 Å². The van der Waals surface area contributed by atoms with E-state index in [1.807, 2.05) is 0 Å². The fourth-order valence-corrected chi connectivity index (χ4v) is 4.82. The van der Waals surface area contributed by atoms with Crippen LogP contribution in [0.4, 0.5) is 14.7 Å². The molecule has 0 unspecified atom stereocenters. The Labute approximate surface area is 182 Å². The van der Waals surface area contributed by atoms with Crippen molar-refractivity contribution in [2.75, 3.05) is 24.7 Å². The van der Waals surface area contributed by atoms with E-state index in [-0.39, 0.29) is 24.8 Å². The van der Waals surface area contributed by atoms with E-state index < -0.39 is 22.0 Å². The van der Waals surface area contributed by atoms with Crippen molar-refractivity contribution in [2.24, 2.45) is 0 Å². The molecule has 0 radical (unpaired) electrons. The number of ether oxygens (including phenoxy) is 1. The van der Waals surface area contributed by atoms with E-state index in [1.165, 1.54) is 21.3 Å². The summed E-state index contributed by atoms with van der Waals surface area (Å²) in [5, 5.41) is 14.3. The number of rotatable bonds is 6. The molecule has 3 aromatic rings. The molecule has 1 aliphatic heterocycles. The maximum absolute atomic E-state index is 13.3. The number of fused-ring (bicyclic) bond motifs is 1. The number of sulfonamides is 1. The first-order valence-corrected chi connectivity index (χ1v) is 12.0. The predicted molar refractivity (Wildman–Crippen MR) is 110 cm³/mol. The molecule has 2 aliphatic rings. The second kappa shape index (κ2) is 7.62. The molecule has 0 bridgehead atoms. The molecule has 172 valence electrons. The molecule has 3 aromatic heterocycles. The first-order valence-electron chi connectivity index (χ1n) is 10.2. The number of piperidine rings is 1. The number of aromatic amines is 1. The van der Waals surface area contributed by atoms with Crippen LogP contribution in [0, 0.1) is 0 Å². The van der Waals surface area contributed by atoms with Crippen LogP contribution in [0.1, 0.15) is 25.7 Å². The molecule has 1 saturated carbocycles. The summed E-state index contributed by atoms with van der Waals surface area (Å²) in [5.74, 6) is -2.17. The number of halogens is 2. The molecule has 2 N–H and O–H groups in total. The SMILES string of the molecule is CS(=O)(=O)N1CCC(Nc2nc3cnc(-c4cn[nH]c4)c(OC4CC(F)(F)C4)n3n2)CC1. The molecule has 0 amide bonds. The minimum atomic E-state index is -3.21. The van der Waals surface area contributed by atoms with Crippen molar-refractivity contribution >= 4 is 21.6 Å². The van der Waals surface area contributed by atoms with Crippen LogP contribution in [0.3, 0.4) is 0 Å². The highest BCUT2D eigenvalue weighted by atomic mass is 32.2. The van der Waals surface area contributed by atoms with Gasteiger partial charge in [0.05, 0.1) is 18.6 Å². The number of H-pyrrole nitrogens is 1. The summed E-state index contributed by atoms with van der Waals surface area (Å²) < 4.78 is 58.9. The third kappa shape index (κ3) is 4.11. The monoisotopic (exact) mass is 468 g/mol. The van der Waals surface area contributed by atoms with Gasteiger partial charge in [-0.15, -0.1) is 5.10 Å². The second-order valence-corrected chi connectivity index (χ2v) is 10.2. The number of nitrogens with zero attached hydrogens (tertiary/aromatic N) is 6. The van der Waals surface area contributed by atoms with E-state index in [0.29, 0.717) is 48.8 Å². The van der Waals surface area contributed by atoms with Gasteiger partial charge in [-0.2, -0.15) is 14.6 Å². The minimum Gasteiger partial charge on any atom is -0.472 e. The third-order valence-electron chi connectivity index (χ3n) is 5.69. The molecule has 0 spiro atoms. The van der Waals surface area contributed by atoms with Crippen LogP contribution in [0.5, 0.6) is 5.88 Å². The van der Waals surface area contributed by atoms with Gasteiger partial charge in [-0.25, -0.2) is 26.5 Å². The topological polar surface area (TPSA) is 130 Å². The van der Waals surface area contributed by atoms with E-state index in [1.54, 1.807) is 12.4 Å². The summed E-state index contributed by atoms with van der Waals surface area (Å²) in [7, 11) is -3.21. The average molecular weight is 468 g/mol. The maximum Gasteiger partial charge on any atom is 0.255 e. The highest BCUT2D eigenvalue weighted by Gasteiger charge is 2.47. The predicted octanol–water partition coefficient (Wildman–Crippen LogP) is 1.53. The smallest absolute Gasteiger partial charge is 0.255 e. The summed E-state index contributed by atoms with van der Waals surface area (Å²) in [4.78, 5) is 8.83. The van der Waals surface area contributed by atoms with Crippen molar-refractivity contribution in [1.29, 1.82) is 0 Å². The van der Waals surface area contributed by atoms with Gasteiger partial charge in [-0.1, -0.05) is 0 Å². The summed E-state index contributed by atoms with van der Waals surface area (Å²) in [6.45, 7) is 0.834. The quantitative estimate of drug-likeness (QED) is 0.557. The standard InChI is InChI=1S/C18H22F2N8O3S/c1-32(29,30)27-4-2-12(3-5-27)24-17-25-14-10-21-15(11-8-22-23-9-11)16(28(14)26-17)31-13-6-18(19,20)7-13/h8-10,12-13H,2-7H2,1H3,(H,22,23)(H,24,26). The normalized spacial score (nSPS) is 20.3. The van der Waals surface area contributed by atoms with Gasteiger partial charge in [0.2, 0.25) is 21.9 Å². The van der Waals surface area contributed by atoms with Crippen molar-refractivity contribution < 1.29 is 21.9 Å². The molecule has 11 nitrogen and oxygen atoms in total. The van der Waals surface area contributed by atoms with E-state index in [4.69, 9.17) is 4.74 Å². The highest BCUT2D eigenvalue weighted by Crippen LogP contribution is 2.41. The van der Waals surface area contributed by atoms with Gasteiger partial charge >= 0.3 is 0 Å². The third-order valence-corrected chi connectivity index (χ3v) is 7.00. The number of aromatic nitrogens is 6. The summed E-state index contributed by atoms with van der Waals surface area (Å²) in [6.07, 6.45) is 5.75. The number of hydrogen-bond donors (Lipinski definition) is 2. The van der Waals surface area contributed by atoms with Crippen molar-refractivity contribution in [3.05, 3.63) is 18.6 Å². The van der Waals surface area contributed by atoms with E-state index >= 15 is 0 Å². The maximum atomic E-state index is 13.3. The Morgan fingerprint density at radius 2 is 2.00 bits per heavy atom. The molecular weight excluding hydrogens is 446 g/mol. The van der Waals surface area contributed by atoms with Gasteiger partial charge in [0.1, 0.15) is 11.8 Å². The van der Waals surface area contributed by atoms with Crippen molar-refractivity contribution in [3.63, 3.8) is 0 Å². The van der Waals surface area contributed by atoms with E-state index in [0.717, 1.165) is 0 Å². The summed E-state index contributed by atoms with van der Waals surface area (Å²) >= 11 is 0. The highest BCUT2D eigenvalue weighted by molar-refractivity contribution is 7.88.